The van der Waals surface area contributed by atoms with E-state index in [0.717, 1.165) is 29.2 Å². The first-order valence-corrected chi connectivity index (χ1v) is 20.1. The number of nitrogens with two attached hydrogens (primary N) is 1. The topological polar surface area (TPSA) is 44.5 Å². The third-order valence-corrected chi connectivity index (χ3v) is 11.8. The summed E-state index contributed by atoms with van der Waals surface area (Å²) in [6.45, 7) is 9.22. The van der Waals surface area contributed by atoms with Crippen molar-refractivity contribution in [2.24, 2.45) is 5.73 Å². The fraction of sp³-hybridized carbons (Fsp3) is 0.526. The Kier molecular flexibility index (Phi) is 17.4. The third-order valence-electron chi connectivity index (χ3n) is 8.29. The van der Waals surface area contributed by atoms with Crippen LogP contribution in [0.3, 0.4) is 0 Å². The SMILES string of the molecule is CC(C)Oc1ccccc1-c1c(OC(C)C)cccc1P(C1CCCCC1)C1CCCCC1.NCCc1[c-]cccc1.[Cl][Pd+]. The quantitative estimate of drug-likeness (QED) is 0.128. The Morgan fingerprint density at radius 1 is 0.750 bits per heavy atom. The van der Waals surface area contributed by atoms with Crippen molar-refractivity contribution >= 4 is 22.8 Å². The fourth-order valence-electron chi connectivity index (χ4n) is 6.54. The van der Waals surface area contributed by atoms with Gasteiger partial charge in [0.15, 0.2) is 0 Å². The summed E-state index contributed by atoms with van der Waals surface area (Å²) in [6.07, 6.45) is 15.3. The van der Waals surface area contributed by atoms with Gasteiger partial charge in [-0.05, 0) is 95.1 Å². The summed E-state index contributed by atoms with van der Waals surface area (Å²) in [5.74, 6) is 2.01. The van der Waals surface area contributed by atoms with Gasteiger partial charge in [0.2, 0.25) is 0 Å². The van der Waals surface area contributed by atoms with Crippen LogP contribution in [-0.4, -0.2) is 30.1 Å². The number of rotatable bonds is 10. The van der Waals surface area contributed by atoms with E-state index in [0.29, 0.717) is 6.54 Å². The zero-order chi connectivity index (χ0) is 31.7. The van der Waals surface area contributed by atoms with E-state index in [1.54, 1.807) is 5.30 Å². The van der Waals surface area contributed by atoms with Crippen molar-refractivity contribution < 1.29 is 27.7 Å². The molecular weight excluding hydrogens is 675 g/mol. The molecule has 0 aliphatic heterocycles. The Balaban J connectivity index is 0.000000409. The second-order valence-electron chi connectivity index (χ2n) is 12.4. The van der Waals surface area contributed by atoms with Gasteiger partial charge in [-0.25, -0.2) is 0 Å². The van der Waals surface area contributed by atoms with Gasteiger partial charge in [0.05, 0.1) is 12.2 Å². The molecule has 2 N–H and O–H groups in total. The number of halogens is 1. The van der Waals surface area contributed by atoms with Gasteiger partial charge in [-0.2, -0.15) is 35.9 Å². The second kappa shape index (κ2) is 20.7. The van der Waals surface area contributed by atoms with Gasteiger partial charge < -0.3 is 15.2 Å². The molecule has 44 heavy (non-hydrogen) atoms. The monoisotopic (exact) mass is 727 g/mol. The molecular formula is C38H53ClNO2PPd. The summed E-state index contributed by atoms with van der Waals surface area (Å²) in [6, 6.07) is 26.5. The number of hydrogen-bond donors (Lipinski definition) is 1. The van der Waals surface area contributed by atoms with Crippen LogP contribution in [0.2, 0.25) is 0 Å². The van der Waals surface area contributed by atoms with Crippen LogP contribution in [0, 0.1) is 6.07 Å². The van der Waals surface area contributed by atoms with Crippen LogP contribution in [0.15, 0.2) is 66.7 Å². The third kappa shape index (κ3) is 11.4. The minimum atomic E-state index is -0.246. The Hall–Kier alpha value is -1.40. The van der Waals surface area contributed by atoms with Crippen LogP contribution >= 0.6 is 17.5 Å². The van der Waals surface area contributed by atoms with Gasteiger partial charge in [-0.1, -0.05) is 76.8 Å². The molecule has 0 bridgehead atoms. The molecule has 0 heterocycles. The number of hydrogen-bond acceptors (Lipinski definition) is 3. The van der Waals surface area contributed by atoms with Crippen LogP contribution in [0.5, 0.6) is 11.5 Å². The predicted octanol–water partition coefficient (Wildman–Crippen LogP) is 10.4. The van der Waals surface area contributed by atoms with Crippen LogP contribution in [-0.2, 0) is 24.6 Å². The van der Waals surface area contributed by atoms with Crippen LogP contribution in [0.25, 0.3) is 11.1 Å². The molecule has 3 aromatic rings. The van der Waals surface area contributed by atoms with Crippen molar-refractivity contribution in [1.82, 2.24) is 0 Å². The van der Waals surface area contributed by atoms with Gasteiger partial charge >= 0.3 is 27.7 Å². The van der Waals surface area contributed by atoms with Crippen molar-refractivity contribution in [1.29, 1.82) is 0 Å². The molecule has 0 saturated heterocycles. The molecule has 3 nitrogen and oxygen atoms in total. The Morgan fingerprint density at radius 2 is 1.30 bits per heavy atom. The van der Waals surface area contributed by atoms with E-state index < -0.39 is 0 Å². The van der Waals surface area contributed by atoms with Gasteiger partial charge in [-0.3, -0.25) is 0 Å². The molecule has 0 unspecified atom stereocenters. The van der Waals surface area contributed by atoms with E-state index in [4.69, 9.17) is 15.2 Å². The minimum absolute atomic E-state index is 0.144. The average molecular weight is 729 g/mol. The van der Waals surface area contributed by atoms with Gasteiger partial charge in [0, 0.05) is 11.1 Å². The second-order valence-corrected chi connectivity index (χ2v) is 15.2. The van der Waals surface area contributed by atoms with Crippen molar-refractivity contribution in [3.63, 3.8) is 0 Å². The average Bonchev–Trinajstić information content (AvgIpc) is 3.04. The standard InChI is InChI=1S/C30H43O2P.C8H10N.ClH.Pd/c1-22(2)31-27-19-12-11-18-26(27)30-28(32-23(3)4)20-13-21-29(30)33(24-14-7-5-8-15-24)25-16-9-6-10-17-25;9-7-6-8-4-2-1-3-5-8;;/h11-13,18-25H,5-10,14-17H2,1-4H3;1-4H,6-7,9H2;1H;/q;-1;;+2/p-1. The summed E-state index contributed by atoms with van der Waals surface area (Å²) >= 11 is 2.22. The molecule has 0 radical (unpaired) electrons. The van der Waals surface area contributed by atoms with Crippen molar-refractivity contribution in [3.8, 4) is 22.6 Å². The van der Waals surface area contributed by atoms with E-state index in [1.807, 2.05) is 24.3 Å². The fourth-order valence-corrected chi connectivity index (χ4v) is 10.5. The first-order valence-electron chi connectivity index (χ1n) is 16.6. The molecule has 5 rings (SSSR count). The number of para-hydroxylation sites is 1. The van der Waals surface area contributed by atoms with Crippen LogP contribution in [0.4, 0.5) is 0 Å². The summed E-state index contributed by atoms with van der Waals surface area (Å²) in [7, 11) is 4.24. The molecule has 0 aromatic heterocycles. The molecule has 0 spiro atoms. The van der Waals surface area contributed by atoms with Crippen LogP contribution < -0.4 is 20.5 Å². The maximum absolute atomic E-state index is 6.48. The molecule has 2 saturated carbocycles. The molecule has 2 fully saturated rings. The zero-order valence-corrected chi connectivity index (χ0v) is 30.4. The number of ether oxygens (including phenoxy) is 2. The van der Waals surface area contributed by atoms with Gasteiger partial charge in [0.25, 0.3) is 0 Å². The first-order chi connectivity index (χ1) is 21.5. The van der Waals surface area contributed by atoms with E-state index in [-0.39, 0.29) is 20.1 Å². The normalized spacial score (nSPS) is 15.8. The van der Waals surface area contributed by atoms with E-state index >= 15 is 0 Å². The van der Waals surface area contributed by atoms with E-state index in [1.165, 1.54) is 80.9 Å². The molecule has 3 aromatic carbocycles. The molecule has 244 valence electrons. The summed E-state index contributed by atoms with van der Waals surface area (Å²) in [4.78, 5) is 0. The Labute approximate surface area is 284 Å². The molecule has 2 aliphatic rings. The zero-order valence-electron chi connectivity index (χ0n) is 27.2. The van der Waals surface area contributed by atoms with E-state index in [2.05, 4.69) is 104 Å². The van der Waals surface area contributed by atoms with Crippen molar-refractivity contribution in [2.75, 3.05) is 6.54 Å². The summed E-state index contributed by atoms with van der Waals surface area (Å²) in [5, 5.41) is 1.57. The van der Waals surface area contributed by atoms with Gasteiger partial charge in [0.1, 0.15) is 11.5 Å². The molecule has 2 aliphatic carbocycles. The van der Waals surface area contributed by atoms with Crippen molar-refractivity contribution in [3.05, 3.63) is 78.4 Å². The Bertz CT molecular complexity index is 1180. The summed E-state index contributed by atoms with van der Waals surface area (Å²) < 4.78 is 12.8. The molecule has 6 heteroatoms. The number of benzene rings is 3. The van der Waals surface area contributed by atoms with E-state index in [9.17, 15) is 0 Å². The first kappa shape index (κ1) is 37.1. The van der Waals surface area contributed by atoms with Gasteiger partial charge in [-0.15, -0.1) is 0 Å². The maximum atomic E-state index is 6.48. The predicted molar refractivity (Wildman–Crippen MR) is 188 cm³/mol. The molecule has 0 amide bonds. The Morgan fingerprint density at radius 3 is 1.84 bits per heavy atom. The van der Waals surface area contributed by atoms with Crippen molar-refractivity contribution in [2.45, 2.75) is 122 Å². The molecule has 0 atom stereocenters. The summed E-state index contributed by atoms with van der Waals surface area (Å²) in [5.41, 5.74) is 10.8. The van der Waals surface area contributed by atoms with Crippen LogP contribution in [0.1, 0.15) is 97.5 Å².